The molecule has 2 heterocycles. The highest BCUT2D eigenvalue weighted by Gasteiger charge is 2.34. The van der Waals surface area contributed by atoms with Crippen molar-refractivity contribution < 1.29 is 8.42 Å². The van der Waals surface area contributed by atoms with E-state index in [1.165, 1.54) is 16.0 Å². The van der Waals surface area contributed by atoms with Gasteiger partial charge in [0.25, 0.3) is 0 Å². The molecule has 0 unspecified atom stereocenters. The molecule has 6 nitrogen and oxygen atoms in total. The SMILES string of the molecule is Cc1ccc(/C=C/S(=O)(=O)N2CC(Cn3cncn3)C2)cc1. The fourth-order valence-corrected chi connectivity index (χ4v) is 3.70. The van der Waals surface area contributed by atoms with Crippen molar-refractivity contribution in [2.75, 3.05) is 13.1 Å². The molecule has 1 fully saturated rings. The molecule has 7 heteroatoms. The number of aryl methyl sites for hydroxylation is 1. The number of sulfonamides is 1. The molecule has 0 amide bonds. The molecule has 0 atom stereocenters. The van der Waals surface area contributed by atoms with Gasteiger partial charge >= 0.3 is 0 Å². The summed E-state index contributed by atoms with van der Waals surface area (Å²) in [7, 11) is -3.34. The predicted octanol–water partition coefficient (Wildman–Crippen LogP) is 1.52. The first-order valence-corrected chi connectivity index (χ1v) is 8.60. The van der Waals surface area contributed by atoms with Gasteiger partial charge in [-0.05, 0) is 18.6 Å². The molecular weight excluding hydrogens is 300 g/mol. The van der Waals surface area contributed by atoms with Crippen LogP contribution < -0.4 is 0 Å². The standard InChI is InChI=1S/C15H18N4O2S/c1-13-2-4-14(5-3-13)6-7-22(20,21)19-9-15(10-19)8-18-12-16-11-17-18/h2-7,11-12,15H,8-10H2,1H3/b7-6+. The highest BCUT2D eigenvalue weighted by Crippen LogP contribution is 2.22. The van der Waals surface area contributed by atoms with E-state index in [0.29, 0.717) is 25.6 Å². The molecule has 0 saturated carbocycles. The second kappa shape index (κ2) is 6.02. The Hall–Kier alpha value is -1.99. The van der Waals surface area contributed by atoms with Gasteiger partial charge < -0.3 is 0 Å². The van der Waals surface area contributed by atoms with E-state index in [1.807, 2.05) is 31.2 Å². The van der Waals surface area contributed by atoms with Crippen LogP contribution in [0.5, 0.6) is 0 Å². The van der Waals surface area contributed by atoms with E-state index >= 15 is 0 Å². The second-order valence-corrected chi connectivity index (χ2v) is 7.38. The lowest BCUT2D eigenvalue weighted by Crippen LogP contribution is -2.50. The van der Waals surface area contributed by atoms with Crippen molar-refractivity contribution in [3.63, 3.8) is 0 Å². The zero-order valence-electron chi connectivity index (χ0n) is 12.3. The molecule has 22 heavy (non-hydrogen) atoms. The number of hydrogen-bond donors (Lipinski definition) is 0. The Bertz CT molecular complexity index is 745. The maximum Gasteiger partial charge on any atom is 0.236 e. The van der Waals surface area contributed by atoms with Gasteiger partial charge in [-0.3, -0.25) is 4.68 Å². The first-order valence-electron chi connectivity index (χ1n) is 7.10. The van der Waals surface area contributed by atoms with Gasteiger partial charge in [0.1, 0.15) is 12.7 Å². The van der Waals surface area contributed by atoms with Gasteiger partial charge in [-0.1, -0.05) is 29.8 Å². The number of nitrogens with zero attached hydrogens (tertiary/aromatic N) is 4. The molecule has 1 aliphatic heterocycles. The Balaban J connectivity index is 1.57. The van der Waals surface area contributed by atoms with E-state index in [2.05, 4.69) is 10.1 Å². The molecule has 1 aromatic carbocycles. The largest absolute Gasteiger partial charge is 0.253 e. The van der Waals surface area contributed by atoms with E-state index in [1.54, 1.807) is 17.1 Å². The molecule has 1 aliphatic rings. The van der Waals surface area contributed by atoms with E-state index in [9.17, 15) is 8.42 Å². The molecular formula is C15H18N4O2S. The van der Waals surface area contributed by atoms with Crippen molar-refractivity contribution in [2.45, 2.75) is 13.5 Å². The van der Waals surface area contributed by atoms with Crippen LogP contribution in [0.3, 0.4) is 0 Å². The molecule has 0 bridgehead atoms. The average Bonchev–Trinajstić information content (AvgIpc) is 2.94. The average molecular weight is 318 g/mol. The van der Waals surface area contributed by atoms with Gasteiger partial charge in [-0.15, -0.1) is 0 Å². The Labute approximate surface area is 130 Å². The number of aromatic nitrogens is 3. The first-order chi connectivity index (χ1) is 10.5. The third-order valence-electron chi connectivity index (χ3n) is 3.71. The minimum absolute atomic E-state index is 0.296. The summed E-state index contributed by atoms with van der Waals surface area (Å²) in [5.41, 5.74) is 2.03. The summed E-state index contributed by atoms with van der Waals surface area (Å²) < 4.78 is 27.6. The zero-order valence-corrected chi connectivity index (χ0v) is 13.1. The molecule has 1 saturated heterocycles. The first kappa shape index (κ1) is 14.9. The lowest BCUT2D eigenvalue weighted by Gasteiger charge is -2.37. The lowest BCUT2D eigenvalue weighted by molar-refractivity contribution is 0.176. The fourth-order valence-electron chi connectivity index (χ4n) is 2.37. The van der Waals surface area contributed by atoms with Crippen LogP contribution in [-0.2, 0) is 16.6 Å². The van der Waals surface area contributed by atoms with E-state index in [-0.39, 0.29) is 0 Å². The van der Waals surface area contributed by atoms with Gasteiger partial charge in [0.05, 0.1) is 0 Å². The van der Waals surface area contributed by atoms with Crippen LogP contribution in [0.25, 0.3) is 6.08 Å². The molecule has 0 aliphatic carbocycles. The maximum atomic E-state index is 12.2. The van der Waals surface area contributed by atoms with Crippen LogP contribution in [0, 0.1) is 12.8 Å². The van der Waals surface area contributed by atoms with Crippen LogP contribution >= 0.6 is 0 Å². The molecule has 0 radical (unpaired) electrons. The lowest BCUT2D eigenvalue weighted by atomic mass is 10.0. The summed E-state index contributed by atoms with van der Waals surface area (Å²) in [6.07, 6.45) is 4.77. The predicted molar refractivity (Wildman–Crippen MR) is 84.2 cm³/mol. The fraction of sp³-hybridized carbons (Fsp3) is 0.333. The van der Waals surface area contributed by atoms with Gasteiger partial charge in [-0.25, -0.2) is 13.4 Å². The second-order valence-electron chi connectivity index (χ2n) is 5.56. The highest BCUT2D eigenvalue weighted by atomic mass is 32.2. The highest BCUT2D eigenvalue weighted by molar-refractivity contribution is 7.92. The minimum atomic E-state index is -3.34. The molecule has 3 rings (SSSR count). The summed E-state index contributed by atoms with van der Waals surface area (Å²) in [5, 5.41) is 5.31. The Morgan fingerprint density at radius 2 is 2.00 bits per heavy atom. The third-order valence-corrected chi connectivity index (χ3v) is 5.20. The van der Waals surface area contributed by atoms with Crippen LogP contribution in [0.2, 0.25) is 0 Å². The molecule has 116 valence electrons. The van der Waals surface area contributed by atoms with Crippen molar-refractivity contribution in [3.8, 4) is 0 Å². The van der Waals surface area contributed by atoms with Crippen molar-refractivity contribution in [1.82, 2.24) is 19.1 Å². The van der Waals surface area contributed by atoms with E-state index < -0.39 is 10.0 Å². The Morgan fingerprint density at radius 1 is 1.27 bits per heavy atom. The third kappa shape index (κ3) is 3.42. The van der Waals surface area contributed by atoms with Crippen molar-refractivity contribution in [3.05, 3.63) is 53.5 Å². The van der Waals surface area contributed by atoms with Gasteiger partial charge in [0.15, 0.2) is 0 Å². The summed E-state index contributed by atoms with van der Waals surface area (Å²) >= 11 is 0. The summed E-state index contributed by atoms with van der Waals surface area (Å²) in [6.45, 7) is 3.76. The summed E-state index contributed by atoms with van der Waals surface area (Å²) in [4.78, 5) is 3.88. The number of benzene rings is 1. The number of rotatable bonds is 5. The van der Waals surface area contributed by atoms with Crippen LogP contribution in [-0.4, -0.2) is 40.6 Å². The van der Waals surface area contributed by atoms with Gasteiger partial charge in [-0.2, -0.15) is 9.40 Å². The normalized spacial score (nSPS) is 17.0. The van der Waals surface area contributed by atoms with Crippen molar-refractivity contribution in [1.29, 1.82) is 0 Å². The van der Waals surface area contributed by atoms with Gasteiger partial charge in [0, 0.05) is 31.0 Å². The van der Waals surface area contributed by atoms with E-state index in [0.717, 1.165) is 11.1 Å². The number of hydrogen-bond acceptors (Lipinski definition) is 4. The van der Waals surface area contributed by atoms with Gasteiger partial charge in [0.2, 0.25) is 10.0 Å². The molecule has 0 spiro atoms. The molecule has 0 N–H and O–H groups in total. The van der Waals surface area contributed by atoms with Crippen LogP contribution in [0.1, 0.15) is 11.1 Å². The quantitative estimate of drug-likeness (QED) is 0.838. The topological polar surface area (TPSA) is 68.1 Å². The van der Waals surface area contributed by atoms with Crippen LogP contribution in [0.15, 0.2) is 42.3 Å². The van der Waals surface area contributed by atoms with Crippen molar-refractivity contribution in [2.24, 2.45) is 5.92 Å². The maximum absolute atomic E-state index is 12.2. The van der Waals surface area contributed by atoms with E-state index in [4.69, 9.17) is 0 Å². The minimum Gasteiger partial charge on any atom is -0.253 e. The molecule has 2 aromatic rings. The molecule has 1 aromatic heterocycles. The Kier molecular flexibility index (Phi) is 4.08. The smallest absolute Gasteiger partial charge is 0.236 e. The monoisotopic (exact) mass is 318 g/mol. The van der Waals surface area contributed by atoms with Crippen LogP contribution in [0.4, 0.5) is 0 Å². The van der Waals surface area contributed by atoms with Crippen molar-refractivity contribution >= 4 is 16.1 Å². The summed E-state index contributed by atoms with van der Waals surface area (Å²) in [6, 6.07) is 7.74. The zero-order chi connectivity index (χ0) is 15.6. The summed E-state index contributed by atoms with van der Waals surface area (Å²) in [5.74, 6) is 0.296. The Morgan fingerprint density at radius 3 is 2.64 bits per heavy atom.